The summed E-state index contributed by atoms with van der Waals surface area (Å²) in [6, 6.07) is -2.12. The molecule has 2 amide bonds. The Morgan fingerprint density at radius 2 is 2.19 bits per heavy atom. The number of carbonyl (C=O) groups is 2. The molecule has 0 saturated carbocycles. The molecule has 7 N–H and O–H groups in total. The molecule has 1 fully saturated rings. The normalized spacial score (nSPS) is 19.3. The SMILES string of the molecule is N=C(NCCCN)NCc1cn(CC2C(NC=O)C(=O)N2S(=O)(=O)O)nn1. The van der Waals surface area contributed by atoms with Crippen LogP contribution in [0.15, 0.2) is 6.20 Å². The molecule has 0 aliphatic carbocycles. The Morgan fingerprint density at radius 3 is 2.81 bits per heavy atom. The van der Waals surface area contributed by atoms with Crippen LogP contribution in [0.2, 0.25) is 0 Å². The van der Waals surface area contributed by atoms with Crippen molar-refractivity contribution in [3.63, 3.8) is 0 Å². The van der Waals surface area contributed by atoms with Crippen molar-refractivity contribution >= 4 is 28.6 Å². The molecule has 27 heavy (non-hydrogen) atoms. The standard InChI is InChI=1S/C12H21N9O5S/c13-2-1-3-15-12(14)16-4-8-5-20(19-18-8)6-9-10(17-7-22)11(23)21(9)27(24,25)26/h5,7,9-10H,1-4,6,13H2,(H,17,22)(H3,14,15,16)(H,24,25,26). The molecular weight excluding hydrogens is 382 g/mol. The van der Waals surface area contributed by atoms with E-state index in [4.69, 9.17) is 15.7 Å². The third-order valence-electron chi connectivity index (χ3n) is 3.75. The zero-order valence-electron chi connectivity index (χ0n) is 14.2. The summed E-state index contributed by atoms with van der Waals surface area (Å²) in [7, 11) is -4.75. The molecule has 150 valence electrons. The highest BCUT2D eigenvalue weighted by Crippen LogP contribution is 2.24. The van der Waals surface area contributed by atoms with Crippen molar-refractivity contribution < 1.29 is 22.6 Å². The number of guanidine groups is 1. The van der Waals surface area contributed by atoms with E-state index in [0.29, 0.717) is 18.8 Å². The van der Waals surface area contributed by atoms with E-state index in [0.717, 1.165) is 6.42 Å². The topological polar surface area (TPSA) is 208 Å². The summed E-state index contributed by atoms with van der Waals surface area (Å²) in [4.78, 5) is 22.3. The Labute approximate surface area is 154 Å². The van der Waals surface area contributed by atoms with Crippen LogP contribution in [0.3, 0.4) is 0 Å². The smallest absolute Gasteiger partial charge is 0.357 e. The number of β-lactam (4-membered cyclic amide) rings is 1. The third kappa shape index (κ3) is 5.11. The number of hydrogen-bond acceptors (Lipinski definition) is 8. The Morgan fingerprint density at radius 1 is 1.44 bits per heavy atom. The van der Waals surface area contributed by atoms with Crippen LogP contribution in [-0.4, -0.2) is 75.7 Å². The quantitative estimate of drug-likeness (QED) is 0.0564. The van der Waals surface area contributed by atoms with E-state index >= 15 is 0 Å². The lowest BCUT2D eigenvalue weighted by Crippen LogP contribution is -2.72. The van der Waals surface area contributed by atoms with Gasteiger partial charge in [-0.05, 0) is 13.0 Å². The van der Waals surface area contributed by atoms with Gasteiger partial charge in [0, 0.05) is 6.54 Å². The zero-order chi connectivity index (χ0) is 20.0. The molecule has 1 aromatic rings. The van der Waals surface area contributed by atoms with Crippen LogP contribution >= 0.6 is 0 Å². The lowest BCUT2D eigenvalue weighted by Gasteiger charge is -2.43. The van der Waals surface area contributed by atoms with E-state index in [-0.39, 0.29) is 29.8 Å². The first-order valence-corrected chi connectivity index (χ1v) is 9.33. The van der Waals surface area contributed by atoms with Gasteiger partial charge in [-0.1, -0.05) is 5.21 Å². The van der Waals surface area contributed by atoms with Crippen molar-refractivity contribution in [3.8, 4) is 0 Å². The molecule has 2 unspecified atom stereocenters. The molecule has 1 aromatic heterocycles. The summed E-state index contributed by atoms with van der Waals surface area (Å²) in [6.07, 6.45) is 2.49. The predicted octanol–water partition coefficient (Wildman–Crippen LogP) is -3.63. The molecule has 1 saturated heterocycles. The number of aromatic nitrogens is 3. The number of nitrogens with one attached hydrogen (secondary N) is 4. The minimum absolute atomic E-state index is 0.0929. The van der Waals surface area contributed by atoms with Gasteiger partial charge in [0.05, 0.1) is 25.3 Å². The fourth-order valence-corrected chi connectivity index (χ4v) is 3.37. The van der Waals surface area contributed by atoms with Crippen molar-refractivity contribution in [3.05, 3.63) is 11.9 Å². The van der Waals surface area contributed by atoms with Crippen LogP contribution in [-0.2, 0) is 33.0 Å². The Kier molecular flexibility index (Phi) is 6.65. The van der Waals surface area contributed by atoms with Crippen molar-refractivity contribution in [2.75, 3.05) is 13.1 Å². The Hall–Kier alpha value is -2.78. The fourth-order valence-electron chi connectivity index (χ4n) is 2.50. The fraction of sp³-hybridized carbons (Fsp3) is 0.583. The second-order valence-corrected chi connectivity index (χ2v) is 6.96. The highest BCUT2D eigenvalue weighted by molar-refractivity contribution is 7.84. The molecule has 1 aliphatic heterocycles. The van der Waals surface area contributed by atoms with Crippen LogP contribution < -0.4 is 21.7 Å². The van der Waals surface area contributed by atoms with Gasteiger partial charge in [-0.3, -0.25) is 19.6 Å². The van der Waals surface area contributed by atoms with E-state index in [2.05, 4.69) is 26.3 Å². The van der Waals surface area contributed by atoms with Gasteiger partial charge >= 0.3 is 10.3 Å². The molecule has 14 nitrogen and oxygen atoms in total. The van der Waals surface area contributed by atoms with Crippen molar-refractivity contribution in [2.45, 2.75) is 31.6 Å². The molecule has 0 radical (unpaired) electrons. The highest BCUT2D eigenvalue weighted by atomic mass is 32.2. The summed E-state index contributed by atoms with van der Waals surface area (Å²) >= 11 is 0. The molecule has 1 aliphatic rings. The summed E-state index contributed by atoms with van der Waals surface area (Å²) < 4.78 is 33.3. The summed E-state index contributed by atoms with van der Waals surface area (Å²) in [5, 5.41) is 23.2. The molecular formula is C12H21N9O5S. The molecule has 0 bridgehead atoms. The van der Waals surface area contributed by atoms with Gasteiger partial charge in [-0.2, -0.15) is 8.42 Å². The first-order chi connectivity index (χ1) is 12.8. The number of rotatable bonds is 10. The minimum Gasteiger partial charge on any atom is -0.357 e. The van der Waals surface area contributed by atoms with Gasteiger partial charge in [0.1, 0.15) is 11.7 Å². The highest BCUT2D eigenvalue weighted by Gasteiger charge is 2.53. The number of nitrogens with zero attached hydrogens (tertiary/aromatic N) is 4. The summed E-state index contributed by atoms with van der Waals surface area (Å²) in [5.74, 6) is -0.844. The van der Waals surface area contributed by atoms with Gasteiger partial charge in [-0.25, -0.2) is 8.99 Å². The maximum absolute atomic E-state index is 11.8. The maximum Gasteiger partial charge on any atom is 0.362 e. The van der Waals surface area contributed by atoms with Crippen LogP contribution in [0.4, 0.5) is 0 Å². The monoisotopic (exact) mass is 403 g/mol. The maximum atomic E-state index is 11.8. The van der Waals surface area contributed by atoms with Crippen LogP contribution in [0.25, 0.3) is 0 Å². The van der Waals surface area contributed by atoms with E-state index < -0.39 is 28.3 Å². The van der Waals surface area contributed by atoms with Gasteiger partial charge in [0.25, 0.3) is 5.91 Å². The lowest BCUT2D eigenvalue weighted by atomic mass is 9.99. The van der Waals surface area contributed by atoms with Crippen molar-refractivity contribution in [1.29, 1.82) is 5.41 Å². The average Bonchev–Trinajstić information content (AvgIpc) is 3.04. The zero-order valence-corrected chi connectivity index (χ0v) is 15.0. The molecule has 15 heteroatoms. The van der Waals surface area contributed by atoms with E-state index in [1.165, 1.54) is 10.9 Å². The first-order valence-electron chi connectivity index (χ1n) is 7.93. The molecule has 2 rings (SSSR count). The predicted molar refractivity (Wildman–Crippen MR) is 91.4 cm³/mol. The molecule has 0 spiro atoms. The van der Waals surface area contributed by atoms with Gasteiger partial charge in [0.15, 0.2) is 5.96 Å². The second kappa shape index (κ2) is 8.74. The van der Waals surface area contributed by atoms with Crippen LogP contribution in [0.1, 0.15) is 12.1 Å². The summed E-state index contributed by atoms with van der Waals surface area (Å²) in [6.45, 7) is 1.15. The van der Waals surface area contributed by atoms with Gasteiger partial charge < -0.3 is 21.7 Å². The molecule has 0 aromatic carbocycles. The van der Waals surface area contributed by atoms with Crippen LogP contribution in [0.5, 0.6) is 0 Å². The largest absolute Gasteiger partial charge is 0.362 e. The number of carbonyl (C=O) groups excluding carboxylic acids is 2. The molecule has 2 atom stereocenters. The Bertz CT molecular complexity index is 795. The lowest BCUT2D eigenvalue weighted by molar-refractivity contribution is -0.144. The van der Waals surface area contributed by atoms with E-state index in [9.17, 15) is 18.0 Å². The second-order valence-electron chi connectivity index (χ2n) is 5.67. The van der Waals surface area contributed by atoms with E-state index in [1.807, 2.05) is 0 Å². The summed E-state index contributed by atoms with van der Waals surface area (Å²) in [5.41, 5.74) is 5.82. The number of hydrogen-bond donors (Lipinski definition) is 6. The first kappa shape index (κ1) is 20.5. The van der Waals surface area contributed by atoms with Crippen LogP contribution in [0, 0.1) is 5.41 Å². The van der Waals surface area contributed by atoms with Crippen molar-refractivity contribution in [1.82, 2.24) is 35.2 Å². The van der Waals surface area contributed by atoms with E-state index in [1.54, 1.807) is 0 Å². The number of nitrogens with two attached hydrogens (primary N) is 1. The van der Waals surface area contributed by atoms with Crippen molar-refractivity contribution in [2.24, 2.45) is 5.73 Å². The minimum atomic E-state index is -4.75. The number of amides is 2. The van der Waals surface area contributed by atoms with Gasteiger partial charge in [-0.15, -0.1) is 5.10 Å². The third-order valence-corrected chi connectivity index (χ3v) is 4.70. The Balaban J connectivity index is 1.94. The average molecular weight is 403 g/mol. The molecule has 2 heterocycles. The van der Waals surface area contributed by atoms with Gasteiger partial charge in [0.2, 0.25) is 6.41 Å².